The van der Waals surface area contributed by atoms with Crippen LogP contribution in [0.15, 0.2) is 48.5 Å². The van der Waals surface area contributed by atoms with Crippen molar-refractivity contribution in [2.45, 2.75) is 44.8 Å². The molecule has 43 heavy (non-hydrogen) atoms. The number of rotatable bonds is 7. The molecule has 6 rings (SSSR count). The van der Waals surface area contributed by atoms with Gasteiger partial charge >= 0.3 is 6.09 Å². The zero-order chi connectivity index (χ0) is 29.9. The fraction of sp³-hybridized carbons (Fsp3) is 0.469. The molecular weight excluding hydrogens is 550 g/mol. The summed E-state index contributed by atoms with van der Waals surface area (Å²) in [4.78, 5) is 70.0. The second kappa shape index (κ2) is 12.5. The van der Waals surface area contributed by atoms with E-state index in [2.05, 4.69) is 15.1 Å². The van der Waals surface area contributed by atoms with Crippen LogP contribution in [0.25, 0.3) is 0 Å². The molecule has 3 fully saturated rings. The molecule has 3 saturated heterocycles. The number of hydrogen-bond donors (Lipinski definition) is 1. The minimum Gasteiger partial charge on any atom is -0.445 e. The summed E-state index contributed by atoms with van der Waals surface area (Å²) < 4.78 is 5.48. The van der Waals surface area contributed by atoms with Gasteiger partial charge in [0.05, 0.1) is 11.1 Å². The lowest BCUT2D eigenvalue weighted by Gasteiger charge is -2.37. The number of ether oxygens (including phenoxy) is 1. The number of imide groups is 2. The summed E-state index contributed by atoms with van der Waals surface area (Å²) in [5.41, 5.74) is 2.51. The summed E-state index contributed by atoms with van der Waals surface area (Å²) in [6.45, 7) is 6.06. The van der Waals surface area contributed by atoms with E-state index in [4.69, 9.17) is 4.74 Å². The van der Waals surface area contributed by atoms with Crippen LogP contribution in [0.2, 0.25) is 0 Å². The number of nitrogens with one attached hydrogen (secondary N) is 1. The second-order valence-electron chi connectivity index (χ2n) is 11.8. The highest BCUT2D eigenvalue weighted by Crippen LogP contribution is 2.32. The molecule has 0 radical (unpaired) electrons. The van der Waals surface area contributed by atoms with Gasteiger partial charge in [-0.15, -0.1) is 0 Å². The van der Waals surface area contributed by atoms with E-state index in [9.17, 15) is 24.0 Å². The first-order valence-corrected chi connectivity index (χ1v) is 15.2. The lowest BCUT2D eigenvalue weighted by Crippen LogP contribution is -2.54. The van der Waals surface area contributed by atoms with Crippen molar-refractivity contribution in [1.82, 2.24) is 20.0 Å². The van der Waals surface area contributed by atoms with Gasteiger partial charge in [0.1, 0.15) is 12.6 Å². The summed E-state index contributed by atoms with van der Waals surface area (Å²) >= 11 is 0. The first-order valence-electron chi connectivity index (χ1n) is 15.2. The van der Waals surface area contributed by atoms with Gasteiger partial charge in [-0.05, 0) is 61.9 Å². The number of piperidine rings is 2. The molecule has 0 spiro atoms. The van der Waals surface area contributed by atoms with E-state index in [0.29, 0.717) is 36.7 Å². The second-order valence-corrected chi connectivity index (χ2v) is 11.8. The molecule has 4 aliphatic heterocycles. The lowest BCUT2D eigenvalue weighted by atomic mass is 9.92. The average molecular weight is 588 g/mol. The first kappa shape index (κ1) is 28.9. The highest BCUT2D eigenvalue weighted by molar-refractivity contribution is 6.23. The molecule has 4 heterocycles. The van der Waals surface area contributed by atoms with E-state index in [-0.39, 0.29) is 24.8 Å². The van der Waals surface area contributed by atoms with E-state index >= 15 is 0 Å². The van der Waals surface area contributed by atoms with E-state index in [1.165, 1.54) is 0 Å². The SMILES string of the molecule is O=C1CCC(N2C(=O)c3ccc(N4CCC(CCN5CCN(C(=O)OCc6ccccc6)CC5)CC4)cc3C2=O)C(=O)N1. The summed E-state index contributed by atoms with van der Waals surface area (Å²) in [5.74, 6) is -1.34. The molecule has 0 bridgehead atoms. The van der Waals surface area contributed by atoms with E-state index in [1.807, 2.05) is 36.4 Å². The predicted molar refractivity (Wildman–Crippen MR) is 157 cm³/mol. The molecule has 0 aromatic heterocycles. The van der Waals surface area contributed by atoms with Gasteiger partial charge < -0.3 is 14.5 Å². The molecule has 1 N–H and O–H groups in total. The van der Waals surface area contributed by atoms with Crippen LogP contribution in [-0.4, -0.2) is 96.3 Å². The molecule has 1 atom stereocenters. The Morgan fingerprint density at radius 3 is 2.28 bits per heavy atom. The maximum Gasteiger partial charge on any atom is 0.410 e. The maximum absolute atomic E-state index is 13.2. The Hall–Kier alpha value is -4.25. The number of piperazine rings is 1. The number of benzene rings is 2. The monoisotopic (exact) mass is 587 g/mol. The van der Waals surface area contributed by atoms with E-state index < -0.39 is 23.8 Å². The fourth-order valence-corrected chi connectivity index (χ4v) is 6.47. The molecule has 2 aromatic rings. The third-order valence-corrected chi connectivity index (χ3v) is 9.09. The van der Waals surface area contributed by atoms with E-state index in [0.717, 1.165) is 68.1 Å². The highest BCUT2D eigenvalue weighted by Gasteiger charge is 2.44. The van der Waals surface area contributed by atoms with Gasteiger partial charge in [0.15, 0.2) is 0 Å². The van der Waals surface area contributed by atoms with Crippen molar-refractivity contribution in [1.29, 1.82) is 0 Å². The summed E-state index contributed by atoms with van der Waals surface area (Å²) in [7, 11) is 0. The molecule has 11 nitrogen and oxygen atoms in total. The zero-order valence-corrected chi connectivity index (χ0v) is 24.2. The number of hydrogen-bond acceptors (Lipinski definition) is 8. The number of carbonyl (C=O) groups excluding carboxylic acids is 5. The standard InChI is InChI=1S/C32H37N5O6/c38-28-9-8-27(29(39)33-28)37-30(40)25-7-6-24(20-26(25)31(37)41)35-14-11-22(12-15-35)10-13-34-16-18-36(19-17-34)32(42)43-21-23-4-2-1-3-5-23/h1-7,20,22,27H,8-19,21H2,(H,33,38,39). The Morgan fingerprint density at radius 1 is 0.837 bits per heavy atom. The molecule has 2 aromatic carbocycles. The predicted octanol–water partition coefficient (Wildman–Crippen LogP) is 2.65. The average Bonchev–Trinajstić information content (AvgIpc) is 3.28. The van der Waals surface area contributed by atoms with Gasteiger partial charge in [0, 0.05) is 51.4 Å². The quantitative estimate of drug-likeness (QED) is 0.491. The van der Waals surface area contributed by atoms with Gasteiger partial charge in [0.2, 0.25) is 11.8 Å². The van der Waals surface area contributed by atoms with Crippen LogP contribution in [0, 0.1) is 5.92 Å². The molecule has 1 unspecified atom stereocenters. The largest absolute Gasteiger partial charge is 0.445 e. The van der Waals surface area contributed by atoms with Crippen LogP contribution >= 0.6 is 0 Å². The Balaban J connectivity index is 0.943. The summed E-state index contributed by atoms with van der Waals surface area (Å²) in [6, 6.07) is 14.1. The van der Waals surface area contributed by atoms with E-state index in [1.54, 1.807) is 17.0 Å². The van der Waals surface area contributed by atoms with Gasteiger partial charge in [-0.3, -0.25) is 34.3 Å². The van der Waals surface area contributed by atoms with Crippen molar-refractivity contribution >= 4 is 35.4 Å². The molecule has 5 amide bonds. The van der Waals surface area contributed by atoms with Crippen LogP contribution < -0.4 is 10.2 Å². The fourth-order valence-electron chi connectivity index (χ4n) is 6.47. The molecule has 11 heteroatoms. The van der Waals surface area contributed by atoms with Crippen LogP contribution in [0.5, 0.6) is 0 Å². The third kappa shape index (κ3) is 6.27. The van der Waals surface area contributed by atoms with Crippen molar-refractivity contribution in [3.8, 4) is 0 Å². The van der Waals surface area contributed by atoms with Gasteiger partial charge in [-0.25, -0.2) is 4.79 Å². The normalized spacial score (nSPS) is 21.7. The molecule has 0 aliphatic carbocycles. The van der Waals surface area contributed by atoms with Crippen LogP contribution in [0.4, 0.5) is 10.5 Å². The van der Waals surface area contributed by atoms with Crippen molar-refractivity contribution in [2.75, 3.05) is 50.7 Å². The van der Waals surface area contributed by atoms with Gasteiger partial charge in [0.25, 0.3) is 11.8 Å². The lowest BCUT2D eigenvalue weighted by molar-refractivity contribution is -0.136. The third-order valence-electron chi connectivity index (χ3n) is 9.09. The summed E-state index contributed by atoms with van der Waals surface area (Å²) in [5, 5.41) is 2.23. The zero-order valence-electron chi connectivity index (χ0n) is 24.2. The van der Waals surface area contributed by atoms with Crippen molar-refractivity contribution < 1.29 is 28.7 Å². The Bertz CT molecular complexity index is 1400. The van der Waals surface area contributed by atoms with Crippen LogP contribution in [0.3, 0.4) is 0 Å². The van der Waals surface area contributed by atoms with Gasteiger partial charge in [-0.1, -0.05) is 30.3 Å². The van der Waals surface area contributed by atoms with Crippen molar-refractivity contribution in [3.63, 3.8) is 0 Å². The van der Waals surface area contributed by atoms with Gasteiger partial charge in [-0.2, -0.15) is 0 Å². The maximum atomic E-state index is 13.2. The molecule has 4 aliphatic rings. The number of fused-ring (bicyclic) bond motifs is 1. The number of anilines is 1. The molecule has 0 saturated carbocycles. The first-order chi connectivity index (χ1) is 20.9. The summed E-state index contributed by atoms with van der Waals surface area (Å²) in [6.07, 6.45) is 3.18. The molecule has 226 valence electrons. The van der Waals surface area contributed by atoms with Crippen molar-refractivity contribution in [3.05, 3.63) is 65.2 Å². The highest BCUT2D eigenvalue weighted by atomic mass is 16.6. The van der Waals surface area contributed by atoms with Crippen molar-refractivity contribution in [2.24, 2.45) is 5.92 Å². The number of nitrogens with zero attached hydrogens (tertiary/aromatic N) is 4. The smallest absolute Gasteiger partial charge is 0.410 e. The Kier molecular flexibility index (Phi) is 8.42. The number of amides is 5. The van der Waals surface area contributed by atoms with Crippen LogP contribution in [0.1, 0.15) is 58.4 Å². The minimum atomic E-state index is -0.958. The Morgan fingerprint density at radius 2 is 1.56 bits per heavy atom. The Labute approximate surface area is 250 Å². The molecular formula is C32H37N5O6. The minimum absolute atomic E-state index is 0.101. The number of carbonyl (C=O) groups is 5. The topological polar surface area (TPSA) is 120 Å². The van der Waals surface area contributed by atoms with Crippen LogP contribution in [-0.2, 0) is 20.9 Å².